The molecular formula is C5H5NSSi. The van der Waals surface area contributed by atoms with Gasteiger partial charge in [0, 0.05) is 10.2 Å². The maximum atomic E-state index is 8.39. The van der Waals surface area contributed by atoms with E-state index < -0.39 is 0 Å². The zero-order valence-electron chi connectivity index (χ0n) is 4.51. The van der Waals surface area contributed by atoms with Gasteiger partial charge in [-0.1, -0.05) is 6.07 Å². The van der Waals surface area contributed by atoms with Crippen LogP contribution in [0, 0.1) is 11.3 Å². The molecule has 0 atom stereocenters. The molecule has 1 heterocycles. The summed E-state index contributed by atoms with van der Waals surface area (Å²) in [5, 5.41) is 11.6. The van der Waals surface area contributed by atoms with E-state index in [-0.39, 0.29) is 0 Å². The van der Waals surface area contributed by atoms with Crippen molar-refractivity contribution in [3.05, 3.63) is 16.3 Å². The maximum Gasteiger partial charge on any atom is 0.110 e. The van der Waals surface area contributed by atoms with Gasteiger partial charge in [0.05, 0.1) is 0 Å². The van der Waals surface area contributed by atoms with Crippen LogP contribution in [-0.2, 0) is 0 Å². The molecule has 1 aromatic heterocycles. The molecule has 0 spiro atoms. The molecule has 0 aromatic carbocycles. The molecule has 0 unspecified atom stereocenters. The summed E-state index contributed by atoms with van der Waals surface area (Å²) in [7, 11) is 0.995. The Labute approximate surface area is 55.0 Å². The number of hydrogen-bond donors (Lipinski definition) is 0. The van der Waals surface area contributed by atoms with Gasteiger partial charge in [-0.15, -0.1) is 11.3 Å². The molecule has 0 saturated carbocycles. The summed E-state index contributed by atoms with van der Waals surface area (Å²) in [6.45, 7) is 0. The first-order valence-corrected chi connectivity index (χ1v) is 4.17. The van der Waals surface area contributed by atoms with Crippen LogP contribution < -0.4 is 5.19 Å². The van der Waals surface area contributed by atoms with Crippen molar-refractivity contribution in [1.82, 2.24) is 0 Å². The first kappa shape index (κ1) is 5.54. The number of rotatable bonds is 0. The maximum absolute atomic E-state index is 8.39. The average molecular weight is 139 g/mol. The van der Waals surface area contributed by atoms with Gasteiger partial charge in [-0.2, -0.15) is 5.26 Å². The van der Waals surface area contributed by atoms with Crippen LogP contribution in [0.4, 0.5) is 0 Å². The third-order valence-corrected chi connectivity index (χ3v) is 3.08. The van der Waals surface area contributed by atoms with Crippen molar-refractivity contribution in [3.8, 4) is 6.07 Å². The van der Waals surface area contributed by atoms with E-state index >= 15 is 0 Å². The van der Waals surface area contributed by atoms with Crippen molar-refractivity contribution in [1.29, 1.82) is 5.26 Å². The van der Waals surface area contributed by atoms with Crippen molar-refractivity contribution in [3.63, 3.8) is 0 Å². The van der Waals surface area contributed by atoms with Gasteiger partial charge in [0.15, 0.2) is 0 Å². The van der Waals surface area contributed by atoms with E-state index in [1.54, 1.807) is 0 Å². The largest absolute Gasteiger partial charge is 0.192 e. The standard InChI is InChI=1S/C5H5NSSi/c6-3-4-5(8)1-2-7-4/h1-2H,8H3. The van der Waals surface area contributed by atoms with Crippen molar-refractivity contribution < 1.29 is 0 Å². The van der Waals surface area contributed by atoms with Gasteiger partial charge in [0.2, 0.25) is 0 Å². The Hall–Kier alpha value is -0.593. The average Bonchev–Trinajstić information content (AvgIpc) is 2.14. The van der Waals surface area contributed by atoms with E-state index in [2.05, 4.69) is 6.07 Å². The fraction of sp³-hybridized carbons (Fsp3) is 0. The SMILES string of the molecule is N#Cc1sccc1[SiH3]. The molecule has 0 bridgehead atoms. The summed E-state index contributed by atoms with van der Waals surface area (Å²) in [5.41, 5.74) is 0. The third kappa shape index (κ3) is 0.807. The number of hydrogen-bond acceptors (Lipinski definition) is 2. The fourth-order valence-electron chi connectivity index (χ4n) is 0.487. The highest BCUT2D eigenvalue weighted by Gasteiger charge is 1.93. The summed E-state index contributed by atoms with van der Waals surface area (Å²) in [6, 6.07) is 4.14. The summed E-state index contributed by atoms with van der Waals surface area (Å²) in [5.74, 6) is 0. The first-order valence-electron chi connectivity index (χ1n) is 2.29. The van der Waals surface area contributed by atoms with Crippen LogP contribution in [-0.4, -0.2) is 10.2 Å². The molecule has 40 valence electrons. The van der Waals surface area contributed by atoms with Crippen LogP contribution in [0.25, 0.3) is 0 Å². The van der Waals surface area contributed by atoms with E-state index in [0.29, 0.717) is 0 Å². The van der Waals surface area contributed by atoms with Crippen molar-refractivity contribution in [2.45, 2.75) is 0 Å². The Kier molecular flexibility index (Phi) is 1.47. The highest BCUT2D eigenvalue weighted by molar-refractivity contribution is 7.11. The van der Waals surface area contributed by atoms with Gasteiger partial charge in [-0.25, -0.2) is 0 Å². The van der Waals surface area contributed by atoms with E-state index in [9.17, 15) is 0 Å². The molecule has 1 rings (SSSR count). The summed E-state index contributed by atoms with van der Waals surface area (Å²) >= 11 is 1.52. The Morgan fingerprint density at radius 1 is 1.75 bits per heavy atom. The van der Waals surface area contributed by atoms with Gasteiger partial charge in [0.1, 0.15) is 10.9 Å². The first-order chi connectivity index (χ1) is 3.84. The van der Waals surface area contributed by atoms with E-state index in [4.69, 9.17) is 5.26 Å². The Morgan fingerprint density at radius 2 is 2.50 bits per heavy atom. The Balaban J connectivity index is 3.15. The molecule has 0 amide bonds. The highest BCUT2D eigenvalue weighted by Crippen LogP contribution is 2.01. The molecule has 0 aliphatic heterocycles. The van der Waals surface area contributed by atoms with E-state index in [0.717, 1.165) is 15.1 Å². The topological polar surface area (TPSA) is 23.8 Å². The lowest BCUT2D eigenvalue weighted by Crippen LogP contribution is -1.99. The number of thiophene rings is 1. The summed E-state index contributed by atoms with van der Waals surface area (Å²) < 4.78 is 0. The van der Waals surface area contributed by atoms with Crippen LogP contribution >= 0.6 is 11.3 Å². The van der Waals surface area contributed by atoms with Gasteiger partial charge < -0.3 is 0 Å². The minimum absolute atomic E-state index is 0.886. The van der Waals surface area contributed by atoms with Gasteiger partial charge >= 0.3 is 0 Å². The number of nitrogens with zero attached hydrogens (tertiary/aromatic N) is 1. The molecule has 1 nitrogen and oxygen atoms in total. The molecule has 0 aliphatic rings. The quantitative estimate of drug-likeness (QED) is 0.449. The second-order valence-corrected chi connectivity index (χ2v) is 3.54. The molecule has 0 fully saturated rings. The fourth-order valence-corrected chi connectivity index (χ4v) is 2.08. The molecule has 8 heavy (non-hydrogen) atoms. The molecule has 0 N–H and O–H groups in total. The molecule has 0 radical (unpaired) electrons. The summed E-state index contributed by atoms with van der Waals surface area (Å²) in [6.07, 6.45) is 0. The van der Waals surface area contributed by atoms with E-state index in [1.807, 2.05) is 11.4 Å². The van der Waals surface area contributed by atoms with Gasteiger partial charge in [-0.05, 0) is 10.6 Å². The van der Waals surface area contributed by atoms with Crippen LogP contribution in [0.1, 0.15) is 4.88 Å². The normalized spacial score (nSPS) is 8.88. The smallest absolute Gasteiger partial charge is 0.110 e. The molecule has 1 aromatic rings. The van der Waals surface area contributed by atoms with Crippen LogP contribution in [0.5, 0.6) is 0 Å². The van der Waals surface area contributed by atoms with E-state index in [1.165, 1.54) is 16.5 Å². The Bertz CT molecular complexity index is 223. The lowest BCUT2D eigenvalue weighted by atomic mass is 10.5. The summed E-state index contributed by atoms with van der Waals surface area (Å²) in [4.78, 5) is 0.886. The lowest BCUT2D eigenvalue weighted by Gasteiger charge is -1.76. The second-order valence-electron chi connectivity index (χ2n) is 1.54. The van der Waals surface area contributed by atoms with Crippen molar-refractivity contribution >= 4 is 26.8 Å². The van der Waals surface area contributed by atoms with Crippen LogP contribution in [0.3, 0.4) is 0 Å². The monoisotopic (exact) mass is 139 g/mol. The van der Waals surface area contributed by atoms with Gasteiger partial charge in [0.25, 0.3) is 0 Å². The predicted octanol–water partition coefficient (Wildman–Crippen LogP) is -0.390. The van der Waals surface area contributed by atoms with Crippen LogP contribution in [0.15, 0.2) is 11.4 Å². The molecular weight excluding hydrogens is 134 g/mol. The lowest BCUT2D eigenvalue weighted by molar-refractivity contribution is 1.53. The minimum Gasteiger partial charge on any atom is -0.192 e. The third-order valence-electron chi connectivity index (χ3n) is 0.964. The minimum atomic E-state index is 0.886. The van der Waals surface area contributed by atoms with Crippen molar-refractivity contribution in [2.75, 3.05) is 0 Å². The highest BCUT2D eigenvalue weighted by atomic mass is 32.1. The molecule has 0 aliphatic carbocycles. The molecule has 3 heteroatoms. The van der Waals surface area contributed by atoms with Crippen LogP contribution in [0.2, 0.25) is 0 Å². The zero-order chi connectivity index (χ0) is 5.98. The zero-order valence-corrected chi connectivity index (χ0v) is 7.33. The van der Waals surface area contributed by atoms with Gasteiger partial charge in [-0.3, -0.25) is 0 Å². The predicted molar refractivity (Wildman–Crippen MR) is 38.6 cm³/mol. The second kappa shape index (κ2) is 2.12. The molecule has 0 saturated heterocycles. The Morgan fingerprint density at radius 3 is 2.75 bits per heavy atom. The number of nitriles is 1. The van der Waals surface area contributed by atoms with Crippen molar-refractivity contribution in [2.24, 2.45) is 0 Å².